The van der Waals surface area contributed by atoms with Gasteiger partial charge in [0, 0.05) is 19.7 Å². The quantitative estimate of drug-likeness (QED) is 0.574. The fraction of sp³-hybridized carbons (Fsp3) is 0.188. The van der Waals surface area contributed by atoms with E-state index in [4.69, 9.17) is 16.3 Å². The molecule has 0 aliphatic carbocycles. The van der Waals surface area contributed by atoms with Crippen molar-refractivity contribution in [3.8, 4) is 5.75 Å². The van der Waals surface area contributed by atoms with Crippen LogP contribution in [0.2, 0.25) is 5.02 Å². The molecule has 0 saturated carbocycles. The molecule has 1 amide bonds. The highest BCUT2D eigenvalue weighted by molar-refractivity contribution is 7.89. The molecule has 27 heavy (non-hydrogen) atoms. The lowest BCUT2D eigenvalue weighted by Gasteiger charge is -2.14. The predicted molar refractivity (Wildman–Crippen MR) is 99.9 cm³/mol. The van der Waals surface area contributed by atoms with E-state index in [2.05, 4.69) is 5.32 Å². The van der Waals surface area contributed by atoms with E-state index in [1.165, 1.54) is 51.5 Å². The van der Waals surface area contributed by atoms with Gasteiger partial charge in [0.15, 0.2) is 0 Å². The van der Waals surface area contributed by atoms with Crippen LogP contribution in [0.25, 0.3) is 0 Å². The smallest absolute Gasteiger partial charge is 0.296 e. The van der Waals surface area contributed by atoms with Gasteiger partial charge < -0.3 is 10.1 Å². The maximum absolute atomic E-state index is 12.5. The number of nitro groups is 1. The Bertz CT molecular complexity index is 1010. The topological polar surface area (TPSA) is 119 Å². The molecule has 1 N–H and O–H groups in total. The van der Waals surface area contributed by atoms with Crippen molar-refractivity contribution in [3.05, 3.63) is 57.1 Å². The summed E-state index contributed by atoms with van der Waals surface area (Å²) < 4.78 is 30.5. The summed E-state index contributed by atoms with van der Waals surface area (Å²) >= 11 is 5.95. The maximum atomic E-state index is 12.5. The van der Waals surface area contributed by atoms with Gasteiger partial charge >= 0.3 is 0 Å². The maximum Gasteiger partial charge on any atom is 0.296 e. The highest BCUT2D eigenvalue weighted by Gasteiger charge is 2.23. The van der Waals surface area contributed by atoms with Gasteiger partial charge in [-0.15, -0.1) is 0 Å². The standard InChI is InChI=1S/C16H16ClN3O6S/c1-19(2)27(24,25)15-8-10(4-6-12(15)17)16(21)18-13-7-5-11(26-3)9-14(13)20(22)23/h4-9H,1-3H3,(H,18,21). The third-order valence-electron chi connectivity index (χ3n) is 3.60. The number of halogens is 1. The van der Waals surface area contributed by atoms with Gasteiger partial charge in [0.2, 0.25) is 10.0 Å². The number of anilines is 1. The molecule has 11 heteroatoms. The molecule has 2 aromatic carbocycles. The van der Waals surface area contributed by atoms with Crippen molar-refractivity contribution < 1.29 is 22.9 Å². The molecular formula is C16H16ClN3O6S. The van der Waals surface area contributed by atoms with Crippen molar-refractivity contribution in [2.24, 2.45) is 0 Å². The minimum absolute atomic E-state index is 0.0232. The first-order valence-corrected chi connectivity index (χ1v) is 9.25. The van der Waals surface area contributed by atoms with Crippen molar-refractivity contribution >= 4 is 38.9 Å². The summed E-state index contributed by atoms with van der Waals surface area (Å²) in [5, 5.41) is 13.6. The van der Waals surface area contributed by atoms with Gasteiger partial charge in [-0.05, 0) is 30.3 Å². The molecule has 144 valence electrons. The molecule has 0 saturated heterocycles. The third kappa shape index (κ3) is 4.35. The molecule has 0 aromatic heterocycles. The van der Waals surface area contributed by atoms with Gasteiger partial charge in [0.25, 0.3) is 11.6 Å². The number of sulfonamides is 1. The summed E-state index contributed by atoms with van der Waals surface area (Å²) in [5.41, 5.74) is -0.444. The first-order valence-electron chi connectivity index (χ1n) is 7.43. The van der Waals surface area contributed by atoms with E-state index in [0.717, 1.165) is 10.4 Å². The van der Waals surface area contributed by atoms with Crippen molar-refractivity contribution in [2.45, 2.75) is 4.90 Å². The molecule has 0 atom stereocenters. The zero-order valence-corrected chi connectivity index (χ0v) is 16.2. The summed E-state index contributed by atoms with van der Waals surface area (Å²) in [7, 11) is 0.153. The number of nitrogens with zero attached hydrogens (tertiary/aromatic N) is 2. The highest BCUT2D eigenvalue weighted by atomic mass is 35.5. The van der Waals surface area contributed by atoms with Gasteiger partial charge in [-0.1, -0.05) is 11.6 Å². The zero-order chi connectivity index (χ0) is 20.4. The average Bonchev–Trinajstić information content (AvgIpc) is 2.61. The Kier molecular flexibility index (Phi) is 6.04. The van der Waals surface area contributed by atoms with Gasteiger partial charge in [-0.2, -0.15) is 0 Å². The number of carbonyl (C=O) groups is 1. The number of ether oxygens (including phenoxy) is 1. The number of nitrogens with one attached hydrogen (secondary N) is 1. The van der Waals surface area contributed by atoms with Crippen LogP contribution >= 0.6 is 11.6 Å². The number of hydrogen-bond donors (Lipinski definition) is 1. The van der Waals surface area contributed by atoms with Crippen LogP contribution in [0.1, 0.15) is 10.4 Å². The van der Waals surface area contributed by atoms with Gasteiger partial charge in [-0.3, -0.25) is 14.9 Å². The lowest BCUT2D eigenvalue weighted by molar-refractivity contribution is -0.384. The van der Waals surface area contributed by atoms with Crippen LogP contribution in [0.5, 0.6) is 5.75 Å². The molecule has 0 aliphatic heterocycles. The van der Waals surface area contributed by atoms with Gasteiger partial charge in [0.05, 0.1) is 23.1 Å². The number of rotatable bonds is 6. The van der Waals surface area contributed by atoms with Gasteiger partial charge in [-0.25, -0.2) is 12.7 Å². The zero-order valence-electron chi connectivity index (χ0n) is 14.6. The van der Waals surface area contributed by atoms with Crippen LogP contribution in [-0.4, -0.2) is 44.8 Å². The Morgan fingerprint density at radius 3 is 2.44 bits per heavy atom. The first kappa shape index (κ1) is 20.6. The normalized spacial score (nSPS) is 11.3. The lowest BCUT2D eigenvalue weighted by Crippen LogP contribution is -2.23. The molecule has 0 radical (unpaired) electrons. The number of methoxy groups -OCH3 is 1. The summed E-state index contributed by atoms with van der Waals surface area (Å²) in [6.07, 6.45) is 0. The van der Waals surface area contributed by atoms with Crippen LogP contribution in [0.15, 0.2) is 41.3 Å². The molecule has 2 aromatic rings. The molecule has 0 bridgehead atoms. The lowest BCUT2D eigenvalue weighted by atomic mass is 10.2. The minimum Gasteiger partial charge on any atom is -0.496 e. The summed E-state index contributed by atoms with van der Waals surface area (Å²) in [6.45, 7) is 0. The number of nitro benzene ring substituents is 1. The van der Waals surface area contributed by atoms with Gasteiger partial charge in [0.1, 0.15) is 16.3 Å². The molecule has 2 rings (SSSR count). The Hall–Kier alpha value is -2.69. The fourth-order valence-electron chi connectivity index (χ4n) is 2.13. The molecule has 0 aliphatic rings. The van der Waals surface area contributed by atoms with Crippen molar-refractivity contribution in [1.82, 2.24) is 4.31 Å². The van der Waals surface area contributed by atoms with E-state index in [9.17, 15) is 23.3 Å². The number of amides is 1. The van der Waals surface area contributed by atoms with E-state index in [1.807, 2.05) is 0 Å². The molecular weight excluding hydrogens is 398 g/mol. The summed E-state index contributed by atoms with van der Waals surface area (Å²) in [4.78, 5) is 22.8. The minimum atomic E-state index is -3.87. The van der Waals surface area contributed by atoms with Crippen molar-refractivity contribution in [3.63, 3.8) is 0 Å². The van der Waals surface area contributed by atoms with Crippen LogP contribution in [0, 0.1) is 10.1 Å². The van der Waals surface area contributed by atoms with Crippen LogP contribution in [0.4, 0.5) is 11.4 Å². The highest BCUT2D eigenvalue weighted by Crippen LogP contribution is 2.30. The number of benzene rings is 2. The van der Waals surface area contributed by atoms with E-state index < -0.39 is 20.9 Å². The summed E-state index contributed by atoms with van der Waals surface area (Å²) in [5.74, 6) is -0.472. The number of carbonyl (C=O) groups excluding carboxylic acids is 1. The molecule has 9 nitrogen and oxygen atoms in total. The fourth-order valence-corrected chi connectivity index (χ4v) is 3.52. The first-order chi connectivity index (χ1) is 12.6. The Morgan fingerprint density at radius 1 is 1.22 bits per heavy atom. The Morgan fingerprint density at radius 2 is 1.89 bits per heavy atom. The van der Waals surface area contributed by atoms with Crippen LogP contribution in [-0.2, 0) is 10.0 Å². The summed E-state index contributed by atoms with van der Waals surface area (Å²) in [6, 6.07) is 7.65. The molecule has 0 unspecified atom stereocenters. The monoisotopic (exact) mass is 413 g/mol. The molecule has 0 spiro atoms. The average molecular weight is 414 g/mol. The van der Waals surface area contributed by atoms with Crippen LogP contribution < -0.4 is 10.1 Å². The predicted octanol–water partition coefficient (Wildman–Crippen LogP) is 2.76. The molecule has 0 heterocycles. The largest absolute Gasteiger partial charge is 0.496 e. The molecule has 0 fully saturated rings. The SMILES string of the molecule is COc1ccc(NC(=O)c2ccc(Cl)c(S(=O)(=O)N(C)C)c2)c([N+](=O)[O-])c1. The Balaban J connectivity index is 2.42. The number of hydrogen-bond acceptors (Lipinski definition) is 6. The second-order valence-corrected chi connectivity index (χ2v) is 8.05. The van der Waals surface area contributed by atoms with Crippen molar-refractivity contribution in [1.29, 1.82) is 0 Å². The van der Waals surface area contributed by atoms with E-state index >= 15 is 0 Å². The van der Waals surface area contributed by atoms with Crippen molar-refractivity contribution in [2.75, 3.05) is 26.5 Å². The second-order valence-electron chi connectivity index (χ2n) is 5.53. The third-order valence-corrected chi connectivity index (χ3v) is 5.90. The van der Waals surface area contributed by atoms with E-state index in [1.54, 1.807) is 0 Å². The van der Waals surface area contributed by atoms with Crippen LogP contribution in [0.3, 0.4) is 0 Å². The van der Waals surface area contributed by atoms with E-state index in [0.29, 0.717) is 0 Å². The van der Waals surface area contributed by atoms with E-state index in [-0.39, 0.29) is 32.6 Å². The Labute approximate surface area is 160 Å². The second kappa shape index (κ2) is 7.91.